The summed E-state index contributed by atoms with van der Waals surface area (Å²) in [6, 6.07) is 10.4. The molecule has 6 heteroatoms. The Morgan fingerprint density at radius 3 is 2.76 bits per heavy atom. The maximum Gasteiger partial charge on any atom is 0.123 e. The van der Waals surface area contributed by atoms with Gasteiger partial charge in [-0.1, -0.05) is 30.3 Å². The number of benzene rings is 1. The second kappa shape index (κ2) is 9.10. The predicted molar refractivity (Wildman–Crippen MR) is 97.4 cm³/mol. The first kappa shape index (κ1) is 18.1. The zero-order chi connectivity index (χ0) is 17.5. The van der Waals surface area contributed by atoms with Crippen molar-refractivity contribution in [3.8, 4) is 0 Å². The SMILES string of the molecule is CN(Cc1nccn1Cc1ccccc1)CC(O)CN1CCOCC1. The molecule has 2 heterocycles. The lowest BCUT2D eigenvalue weighted by Gasteiger charge is -2.30. The lowest BCUT2D eigenvalue weighted by atomic mass is 10.2. The second-order valence-corrected chi connectivity index (χ2v) is 6.72. The Kier molecular flexibility index (Phi) is 6.58. The zero-order valence-corrected chi connectivity index (χ0v) is 14.9. The number of rotatable bonds is 8. The monoisotopic (exact) mass is 344 g/mol. The molecule has 25 heavy (non-hydrogen) atoms. The fourth-order valence-electron chi connectivity index (χ4n) is 3.22. The summed E-state index contributed by atoms with van der Waals surface area (Å²) in [5, 5.41) is 10.4. The van der Waals surface area contributed by atoms with E-state index in [-0.39, 0.29) is 6.10 Å². The van der Waals surface area contributed by atoms with Crippen LogP contribution < -0.4 is 0 Å². The van der Waals surface area contributed by atoms with Crippen molar-refractivity contribution in [2.75, 3.05) is 46.4 Å². The summed E-state index contributed by atoms with van der Waals surface area (Å²) in [7, 11) is 2.03. The fourth-order valence-corrected chi connectivity index (χ4v) is 3.22. The fraction of sp³-hybridized carbons (Fsp3) is 0.526. The average Bonchev–Trinajstić information content (AvgIpc) is 3.03. The van der Waals surface area contributed by atoms with Crippen LogP contribution in [0.15, 0.2) is 42.7 Å². The first-order valence-electron chi connectivity index (χ1n) is 8.91. The number of nitrogens with zero attached hydrogens (tertiary/aromatic N) is 4. The van der Waals surface area contributed by atoms with Crippen molar-refractivity contribution >= 4 is 0 Å². The van der Waals surface area contributed by atoms with E-state index >= 15 is 0 Å². The Balaban J connectivity index is 1.49. The van der Waals surface area contributed by atoms with Gasteiger partial charge in [0, 0.05) is 45.1 Å². The van der Waals surface area contributed by atoms with Crippen LogP contribution in [0.2, 0.25) is 0 Å². The normalized spacial score (nSPS) is 17.1. The van der Waals surface area contributed by atoms with Gasteiger partial charge in [-0.25, -0.2) is 4.98 Å². The molecule has 2 aromatic rings. The van der Waals surface area contributed by atoms with Crippen LogP contribution in [0.5, 0.6) is 0 Å². The van der Waals surface area contributed by atoms with Gasteiger partial charge in [0.05, 0.1) is 25.9 Å². The molecule has 1 saturated heterocycles. The highest BCUT2D eigenvalue weighted by Gasteiger charge is 2.17. The molecule has 0 bridgehead atoms. The van der Waals surface area contributed by atoms with Crippen LogP contribution >= 0.6 is 0 Å². The Labute approximate surface area is 149 Å². The highest BCUT2D eigenvalue weighted by molar-refractivity contribution is 5.15. The molecule has 0 amide bonds. The number of aliphatic hydroxyl groups is 1. The molecular formula is C19H28N4O2. The quantitative estimate of drug-likeness (QED) is 0.776. The number of hydrogen-bond donors (Lipinski definition) is 1. The standard InChI is InChI=1S/C19H28N4O2/c1-21(14-18(24)15-22-9-11-25-12-10-22)16-19-20-7-8-23(19)13-17-5-3-2-4-6-17/h2-8,18,24H,9-16H2,1H3. The molecule has 1 N–H and O–H groups in total. The Bertz CT molecular complexity index is 625. The molecule has 0 radical (unpaired) electrons. The first-order chi connectivity index (χ1) is 12.2. The third-order valence-electron chi connectivity index (χ3n) is 4.50. The lowest BCUT2D eigenvalue weighted by Crippen LogP contribution is -2.44. The van der Waals surface area contributed by atoms with Gasteiger partial charge in [0.25, 0.3) is 0 Å². The molecule has 1 aromatic carbocycles. The molecule has 1 aliphatic rings. The van der Waals surface area contributed by atoms with Crippen molar-refractivity contribution in [1.82, 2.24) is 19.4 Å². The summed E-state index contributed by atoms with van der Waals surface area (Å²) in [6.07, 6.45) is 3.50. The number of aromatic nitrogens is 2. The summed E-state index contributed by atoms with van der Waals surface area (Å²) in [6.45, 7) is 6.21. The maximum absolute atomic E-state index is 10.4. The number of likely N-dealkylation sites (N-methyl/N-ethyl adjacent to an activating group) is 1. The summed E-state index contributed by atoms with van der Waals surface area (Å²) < 4.78 is 7.52. The van der Waals surface area contributed by atoms with Crippen LogP contribution in [-0.2, 0) is 17.8 Å². The molecule has 0 spiro atoms. The van der Waals surface area contributed by atoms with Gasteiger partial charge in [-0.15, -0.1) is 0 Å². The molecule has 0 saturated carbocycles. The highest BCUT2D eigenvalue weighted by Crippen LogP contribution is 2.08. The molecular weight excluding hydrogens is 316 g/mol. The Hall–Kier alpha value is -1.73. The van der Waals surface area contributed by atoms with E-state index < -0.39 is 0 Å². The third kappa shape index (κ3) is 5.64. The third-order valence-corrected chi connectivity index (χ3v) is 4.50. The summed E-state index contributed by atoms with van der Waals surface area (Å²) in [5.41, 5.74) is 1.26. The van der Waals surface area contributed by atoms with Crippen LogP contribution in [0.4, 0.5) is 0 Å². The molecule has 1 aliphatic heterocycles. The van der Waals surface area contributed by atoms with Gasteiger partial charge in [-0.3, -0.25) is 9.80 Å². The smallest absolute Gasteiger partial charge is 0.123 e. The van der Waals surface area contributed by atoms with E-state index in [9.17, 15) is 5.11 Å². The molecule has 6 nitrogen and oxygen atoms in total. The van der Waals surface area contributed by atoms with Gasteiger partial charge < -0.3 is 14.4 Å². The second-order valence-electron chi connectivity index (χ2n) is 6.72. The number of imidazole rings is 1. The summed E-state index contributed by atoms with van der Waals surface area (Å²) in [5.74, 6) is 1.02. The van der Waals surface area contributed by atoms with E-state index in [0.717, 1.165) is 45.2 Å². The minimum Gasteiger partial charge on any atom is -0.390 e. The summed E-state index contributed by atoms with van der Waals surface area (Å²) >= 11 is 0. The van der Waals surface area contributed by atoms with Crippen LogP contribution in [-0.4, -0.2) is 77.0 Å². The zero-order valence-electron chi connectivity index (χ0n) is 14.9. The van der Waals surface area contributed by atoms with Crippen LogP contribution in [0.1, 0.15) is 11.4 Å². The highest BCUT2D eigenvalue weighted by atomic mass is 16.5. The molecule has 1 unspecified atom stereocenters. The topological polar surface area (TPSA) is 53.8 Å². The summed E-state index contributed by atoms with van der Waals surface area (Å²) in [4.78, 5) is 8.88. The Morgan fingerprint density at radius 1 is 1.24 bits per heavy atom. The molecule has 1 fully saturated rings. The average molecular weight is 344 g/mol. The van der Waals surface area contributed by atoms with Crippen molar-refractivity contribution < 1.29 is 9.84 Å². The number of ether oxygens (including phenoxy) is 1. The van der Waals surface area contributed by atoms with Crippen LogP contribution in [0, 0.1) is 0 Å². The van der Waals surface area contributed by atoms with Crippen LogP contribution in [0.3, 0.4) is 0 Å². The number of morpholine rings is 1. The first-order valence-corrected chi connectivity index (χ1v) is 8.91. The van der Waals surface area contributed by atoms with Crippen molar-refractivity contribution in [1.29, 1.82) is 0 Å². The van der Waals surface area contributed by atoms with Gasteiger partial charge in [0.1, 0.15) is 5.82 Å². The Morgan fingerprint density at radius 2 is 2.00 bits per heavy atom. The van der Waals surface area contributed by atoms with Crippen molar-refractivity contribution in [3.63, 3.8) is 0 Å². The lowest BCUT2D eigenvalue weighted by molar-refractivity contribution is 0.00807. The van der Waals surface area contributed by atoms with Gasteiger partial charge in [0.2, 0.25) is 0 Å². The minimum atomic E-state index is -0.361. The molecule has 136 valence electrons. The van der Waals surface area contributed by atoms with Gasteiger partial charge in [-0.05, 0) is 12.6 Å². The van der Waals surface area contributed by atoms with Crippen molar-refractivity contribution in [2.24, 2.45) is 0 Å². The van der Waals surface area contributed by atoms with Gasteiger partial charge >= 0.3 is 0 Å². The molecule has 0 aliphatic carbocycles. The van der Waals surface area contributed by atoms with E-state index in [0.29, 0.717) is 13.1 Å². The molecule has 3 rings (SSSR count). The van der Waals surface area contributed by atoms with E-state index in [4.69, 9.17) is 4.74 Å². The van der Waals surface area contributed by atoms with Gasteiger partial charge in [-0.2, -0.15) is 0 Å². The van der Waals surface area contributed by atoms with Crippen LogP contribution in [0.25, 0.3) is 0 Å². The molecule has 1 aromatic heterocycles. The van der Waals surface area contributed by atoms with E-state index in [1.807, 2.05) is 25.5 Å². The minimum absolute atomic E-state index is 0.361. The largest absolute Gasteiger partial charge is 0.390 e. The van der Waals surface area contributed by atoms with Crippen molar-refractivity contribution in [3.05, 3.63) is 54.1 Å². The van der Waals surface area contributed by atoms with E-state index in [2.05, 4.69) is 43.6 Å². The van der Waals surface area contributed by atoms with Gasteiger partial charge in [0.15, 0.2) is 0 Å². The van der Waals surface area contributed by atoms with E-state index in [1.165, 1.54) is 5.56 Å². The van der Waals surface area contributed by atoms with E-state index in [1.54, 1.807) is 0 Å². The number of hydrogen-bond acceptors (Lipinski definition) is 5. The number of β-amino-alcohol motifs (C(OH)–C–C–N with tert-alkyl or cyclic N) is 1. The van der Waals surface area contributed by atoms with Crippen molar-refractivity contribution in [2.45, 2.75) is 19.2 Å². The molecule has 1 atom stereocenters. The predicted octanol–water partition coefficient (Wildman–Crippen LogP) is 1.06. The maximum atomic E-state index is 10.4. The number of aliphatic hydroxyl groups excluding tert-OH is 1.